The van der Waals surface area contributed by atoms with Crippen LogP contribution in [0.4, 0.5) is 0 Å². The first-order chi connectivity index (χ1) is 7.77. The van der Waals surface area contributed by atoms with Gasteiger partial charge in [-0.3, -0.25) is 0 Å². The summed E-state index contributed by atoms with van der Waals surface area (Å²) in [4.78, 5) is 0. The molecule has 2 rings (SSSR count). The van der Waals surface area contributed by atoms with E-state index in [9.17, 15) is 0 Å². The van der Waals surface area contributed by atoms with Crippen LogP contribution in [0.5, 0.6) is 0 Å². The standard InChI is InChI=1S/C14H20OS/c1-14(12-8-4-3-5-9-12)13(15-2)10-6-7-11-16-14/h3-5,8-9,13H,6-7,10-11H2,1-2H3. The number of thioether (sulfide) groups is 1. The lowest BCUT2D eigenvalue weighted by molar-refractivity contribution is 0.0651. The molecule has 0 aromatic heterocycles. The van der Waals surface area contributed by atoms with Crippen molar-refractivity contribution in [3.8, 4) is 0 Å². The van der Waals surface area contributed by atoms with E-state index in [-0.39, 0.29) is 4.75 Å². The molecule has 1 aromatic carbocycles. The van der Waals surface area contributed by atoms with Crippen LogP contribution in [-0.4, -0.2) is 19.0 Å². The van der Waals surface area contributed by atoms with E-state index < -0.39 is 0 Å². The molecule has 0 radical (unpaired) electrons. The highest BCUT2D eigenvalue weighted by Crippen LogP contribution is 2.44. The quantitative estimate of drug-likeness (QED) is 0.771. The summed E-state index contributed by atoms with van der Waals surface area (Å²) in [7, 11) is 1.84. The van der Waals surface area contributed by atoms with Crippen molar-refractivity contribution in [1.82, 2.24) is 0 Å². The van der Waals surface area contributed by atoms with Crippen LogP contribution < -0.4 is 0 Å². The molecule has 0 amide bonds. The zero-order valence-corrected chi connectivity index (χ0v) is 10.9. The number of hydrogen-bond acceptors (Lipinski definition) is 2. The van der Waals surface area contributed by atoms with Gasteiger partial charge in [-0.2, -0.15) is 0 Å². The van der Waals surface area contributed by atoms with Crippen LogP contribution in [0.1, 0.15) is 31.7 Å². The minimum absolute atomic E-state index is 0.118. The lowest BCUT2D eigenvalue weighted by Gasteiger charge is -2.35. The molecular weight excluding hydrogens is 216 g/mol. The smallest absolute Gasteiger partial charge is 0.0756 e. The summed E-state index contributed by atoms with van der Waals surface area (Å²) in [5.41, 5.74) is 1.40. The molecule has 2 atom stereocenters. The third-order valence-corrected chi connectivity index (χ3v) is 5.10. The van der Waals surface area contributed by atoms with Crippen LogP contribution in [-0.2, 0) is 9.48 Å². The molecule has 0 bridgehead atoms. The highest BCUT2D eigenvalue weighted by Gasteiger charge is 2.37. The molecule has 2 heteroatoms. The molecule has 1 saturated heterocycles. The normalized spacial score (nSPS) is 31.0. The van der Waals surface area contributed by atoms with E-state index >= 15 is 0 Å². The molecule has 2 unspecified atom stereocenters. The Kier molecular flexibility index (Phi) is 3.93. The fourth-order valence-corrected chi connectivity index (χ4v) is 3.94. The predicted molar refractivity (Wildman–Crippen MR) is 70.9 cm³/mol. The first-order valence-corrected chi connectivity index (χ1v) is 6.98. The van der Waals surface area contributed by atoms with Crippen molar-refractivity contribution < 1.29 is 4.74 Å². The second-order valence-corrected chi connectivity index (χ2v) is 6.09. The molecule has 1 heterocycles. The molecule has 1 aromatic rings. The fraction of sp³-hybridized carbons (Fsp3) is 0.571. The van der Waals surface area contributed by atoms with Crippen molar-refractivity contribution in [2.24, 2.45) is 0 Å². The van der Waals surface area contributed by atoms with Gasteiger partial charge in [-0.15, -0.1) is 11.8 Å². The average Bonchev–Trinajstić information content (AvgIpc) is 2.53. The number of rotatable bonds is 2. The molecule has 0 aliphatic carbocycles. The first kappa shape index (κ1) is 12.0. The van der Waals surface area contributed by atoms with Crippen LogP contribution in [0, 0.1) is 0 Å². The predicted octanol–water partition coefficient (Wildman–Crippen LogP) is 3.83. The molecule has 0 saturated carbocycles. The van der Waals surface area contributed by atoms with Crippen molar-refractivity contribution in [1.29, 1.82) is 0 Å². The van der Waals surface area contributed by atoms with Gasteiger partial charge in [-0.1, -0.05) is 30.3 Å². The highest BCUT2D eigenvalue weighted by atomic mass is 32.2. The first-order valence-electron chi connectivity index (χ1n) is 5.99. The Morgan fingerprint density at radius 3 is 2.69 bits per heavy atom. The van der Waals surface area contributed by atoms with Gasteiger partial charge in [0.25, 0.3) is 0 Å². The Morgan fingerprint density at radius 2 is 2.00 bits per heavy atom. The number of ether oxygens (including phenoxy) is 1. The third kappa shape index (κ3) is 2.28. The van der Waals surface area contributed by atoms with Crippen LogP contribution in [0.3, 0.4) is 0 Å². The van der Waals surface area contributed by atoms with Gasteiger partial charge in [-0.05, 0) is 37.5 Å². The van der Waals surface area contributed by atoms with Crippen molar-refractivity contribution in [2.75, 3.05) is 12.9 Å². The van der Waals surface area contributed by atoms with Crippen molar-refractivity contribution in [3.63, 3.8) is 0 Å². The summed E-state index contributed by atoms with van der Waals surface area (Å²) in [6.45, 7) is 2.33. The highest BCUT2D eigenvalue weighted by molar-refractivity contribution is 8.00. The van der Waals surface area contributed by atoms with E-state index in [0.29, 0.717) is 6.10 Å². The molecular formula is C14H20OS. The van der Waals surface area contributed by atoms with E-state index in [4.69, 9.17) is 4.74 Å². The van der Waals surface area contributed by atoms with Gasteiger partial charge in [0.2, 0.25) is 0 Å². The zero-order chi connectivity index (χ0) is 11.4. The number of hydrogen-bond donors (Lipinski definition) is 0. The minimum Gasteiger partial charge on any atom is -0.380 e. The van der Waals surface area contributed by atoms with Gasteiger partial charge in [0.1, 0.15) is 0 Å². The summed E-state index contributed by atoms with van der Waals surface area (Å²) in [5, 5.41) is 0. The molecule has 16 heavy (non-hydrogen) atoms. The van der Waals surface area contributed by atoms with Gasteiger partial charge in [0.05, 0.1) is 10.9 Å². The van der Waals surface area contributed by atoms with Gasteiger partial charge in [-0.25, -0.2) is 0 Å². The minimum atomic E-state index is 0.118. The number of methoxy groups -OCH3 is 1. The maximum Gasteiger partial charge on any atom is 0.0756 e. The van der Waals surface area contributed by atoms with E-state index in [2.05, 4.69) is 37.3 Å². The fourth-order valence-electron chi connectivity index (χ4n) is 2.47. The second kappa shape index (κ2) is 5.24. The number of benzene rings is 1. The Hall–Kier alpha value is -0.470. The van der Waals surface area contributed by atoms with Crippen molar-refractivity contribution in [2.45, 2.75) is 37.0 Å². The Bertz CT molecular complexity index is 325. The maximum atomic E-state index is 5.72. The SMILES string of the molecule is COC1CCCCSC1(C)c1ccccc1. The largest absolute Gasteiger partial charge is 0.380 e. The topological polar surface area (TPSA) is 9.23 Å². The zero-order valence-electron chi connectivity index (χ0n) is 10.1. The second-order valence-electron chi connectivity index (χ2n) is 4.54. The van der Waals surface area contributed by atoms with Crippen LogP contribution in [0.2, 0.25) is 0 Å². The van der Waals surface area contributed by atoms with E-state index in [1.807, 2.05) is 18.9 Å². The Morgan fingerprint density at radius 1 is 1.25 bits per heavy atom. The summed E-state index contributed by atoms with van der Waals surface area (Å²) < 4.78 is 5.84. The van der Waals surface area contributed by atoms with Gasteiger partial charge in [0, 0.05) is 7.11 Å². The maximum absolute atomic E-state index is 5.72. The van der Waals surface area contributed by atoms with Crippen LogP contribution in [0.25, 0.3) is 0 Å². The van der Waals surface area contributed by atoms with Crippen molar-refractivity contribution >= 4 is 11.8 Å². The molecule has 1 aliphatic rings. The molecule has 0 spiro atoms. The molecule has 1 fully saturated rings. The summed E-state index contributed by atoms with van der Waals surface area (Å²) in [5.74, 6) is 1.24. The average molecular weight is 236 g/mol. The van der Waals surface area contributed by atoms with Crippen molar-refractivity contribution in [3.05, 3.63) is 35.9 Å². The molecule has 0 N–H and O–H groups in total. The van der Waals surface area contributed by atoms with E-state index in [1.165, 1.54) is 30.6 Å². The third-order valence-electron chi connectivity index (χ3n) is 3.51. The summed E-state index contributed by atoms with van der Waals surface area (Å²) >= 11 is 2.05. The van der Waals surface area contributed by atoms with Gasteiger partial charge in [0.15, 0.2) is 0 Å². The van der Waals surface area contributed by atoms with Gasteiger partial charge < -0.3 is 4.74 Å². The van der Waals surface area contributed by atoms with Crippen LogP contribution in [0.15, 0.2) is 30.3 Å². The van der Waals surface area contributed by atoms with Gasteiger partial charge >= 0.3 is 0 Å². The monoisotopic (exact) mass is 236 g/mol. The summed E-state index contributed by atoms with van der Waals surface area (Å²) in [6.07, 6.45) is 4.11. The van der Waals surface area contributed by atoms with E-state index in [0.717, 1.165) is 0 Å². The lowest BCUT2D eigenvalue weighted by Crippen LogP contribution is -2.34. The lowest BCUT2D eigenvalue weighted by atomic mass is 9.91. The Labute approximate surface area is 103 Å². The van der Waals surface area contributed by atoms with E-state index in [1.54, 1.807) is 0 Å². The van der Waals surface area contributed by atoms with Crippen LogP contribution >= 0.6 is 11.8 Å². The summed E-state index contributed by atoms with van der Waals surface area (Å²) in [6, 6.07) is 10.8. The molecule has 88 valence electrons. The molecule has 1 nitrogen and oxygen atoms in total. The molecule has 1 aliphatic heterocycles. The Balaban J connectivity index is 2.31.